The second-order valence-corrected chi connectivity index (χ2v) is 7.88. The molecule has 1 rings (SSSR count). The monoisotopic (exact) mass is 444 g/mol. The van der Waals surface area contributed by atoms with Crippen LogP contribution in [0.4, 0.5) is 0 Å². The molecule has 0 aliphatic rings. The minimum atomic E-state index is -0.972. The number of rotatable bonds is 13. The van der Waals surface area contributed by atoms with Gasteiger partial charge in [0, 0.05) is 12.0 Å². The van der Waals surface area contributed by atoms with Gasteiger partial charge in [-0.25, -0.2) is 0 Å². The minimum Gasteiger partial charge on any atom is -0.348 e. The van der Waals surface area contributed by atoms with Gasteiger partial charge in [-0.1, -0.05) is 50.8 Å². The van der Waals surface area contributed by atoms with E-state index in [1.54, 1.807) is 0 Å². The van der Waals surface area contributed by atoms with Crippen LogP contribution < -0.4 is 21.3 Å². The first kappa shape index (κ1) is 26.5. The van der Waals surface area contributed by atoms with Crippen LogP contribution in [-0.2, 0) is 30.4 Å². The summed E-state index contributed by atoms with van der Waals surface area (Å²) in [5, 5.41) is 10.2. The summed E-state index contributed by atoms with van der Waals surface area (Å²) in [5.41, 5.74) is 1.07. The predicted molar refractivity (Wildman–Crippen MR) is 120 cm³/mol. The van der Waals surface area contributed by atoms with E-state index in [9.17, 15) is 24.0 Å². The summed E-state index contributed by atoms with van der Waals surface area (Å²) in [6.45, 7) is 8.35. The van der Waals surface area contributed by atoms with Crippen LogP contribution in [0, 0.1) is 5.92 Å². The second-order valence-electron chi connectivity index (χ2n) is 7.88. The molecular formula is C23H32N4O5. The average molecular weight is 445 g/mol. The number of aldehydes is 1. The first-order valence-electron chi connectivity index (χ1n) is 10.4. The summed E-state index contributed by atoms with van der Waals surface area (Å²) >= 11 is 0. The van der Waals surface area contributed by atoms with Crippen molar-refractivity contribution in [1.29, 1.82) is 0 Å². The molecule has 0 unspecified atom stereocenters. The van der Waals surface area contributed by atoms with Crippen molar-refractivity contribution in [3.05, 3.63) is 48.0 Å². The van der Waals surface area contributed by atoms with Crippen LogP contribution in [0.3, 0.4) is 0 Å². The molecule has 174 valence electrons. The van der Waals surface area contributed by atoms with Crippen LogP contribution in [0.1, 0.15) is 32.8 Å². The first-order chi connectivity index (χ1) is 15.1. The molecule has 9 heteroatoms. The molecular weight excluding hydrogens is 412 g/mol. The number of nitrogens with one attached hydrogen (secondary N) is 4. The van der Waals surface area contributed by atoms with E-state index in [-0.39, 0.29) is 31.0 Å². The van der Waals surface area contributed by atoms with E-state index in [0.29, 0.717) is 12.7 Å². The Kier molecular flexibility index (Phi) is 11.4. The highest BCUT2D eigenvalue weighted by atomic mass is 16.2. The van der Waals surface area contributed by atoms with Crippen molar-refractivity contribution in [2.75, 3.05) is 13.1 Å². The van der Waals surface area contributed by atoms with Crippen molar-refractivity contribution < 1.29 is 24.0 Å². The van der Waals surface area contributed by atoms with Gasteiger partial charge in [0.2, 0.25) is 23.6 Å². The molecule has 0 spiro atoms. The third-order valence-corrected chi connectivity index (χ3v) is 4.43. The Labute approximate surface area is 188 Å². The zero-order valence-electron chi connectivity index (χ0n) is 18.8. The van der Waals surface area contributed by atoms with E-state index in [4.69, 9.17) is 0 Å². The van der Waals surface area contributed by atoms with Crippen LogP contribution in [0.25, 0.3) is 0 Å². The van der Waals surface area contributed by atoms with Crippen LogP contribution in [0.2, 0.25) is 0 Å². The van der Waals surface area contributed by atoms with Crippen molar-refractivity contribution in [2.24, 2.45) is 5.92 Å². The normalized spacial score (nSPS) is 12.2. The quantitative estimate of drug-likeness (QED) is 0.256. The largest absolute Gasteiger partial charge is 0.348 e. The number of benzene rings is 1. The summed E-state index contributed by atoms with van der Waals surface area (Å²) in [6.07, 6.45) is 1.11. The van der Waals surface area contributed by atoms with Gasteiger partial charge in [0.25, 0.3) is 0 Å². The van der Waals surface area contributed by atoms with Crippen molar-refractivity contribution in [2.45, 2.75) is 45.7 Å². The highest BCUT2D eigenvalue weighted by Crippen LogP contribution is 2.08. The molecule has 4 N–H and O–H groups in total. The van der Waals surface area contributed by atoms with Crippen LogP contribution in [-0.4, -0.2) is 55.1 Å². The lowest BCUT2D eigenvalue weighted by Gasteiger charge is -2.24. The van der Waals surface area contributed by atoms with Crippen molar-refractivity contribution >= 4 is 29.9 Å². The minimum absolute atomic E-state index is 0.0989. The second kappa shape index (κ2) is 13.7. The molecule has 1 aromatic carbocycles. The molecule has 32 heavy (non-hydrogen) atoms. The maximum atomic E-state index is 13.0. The van der Waals surface area contributed by atoms with Gasteiger partial charge in [-0.3, -0.25) is 19.2 Å². The number of carbonyl (C=O) groups excluding carboxylic acids is 5. The number of carbonyl (C=O) groups is 5. The van der Waals surface area contributed by atoms with Crippen LogP contribution >= 0.6 is 0 Å². The maximum Gasteiger partial charge on any atom is 0.246 e. The Morgan fingerprint density at radius 2 is 1.62 bits per heavy atom. The standard InChI is InChI=1S/C23H32N4O5/c1-15(2)12-18(22(31)24-10-11-28)27-23(32)19(13-17-8-6-5-7-9-17)26-20(29)14-25-21(30)16(3)4/h5-9,11,15,18-19H,3,10,12-14H2,1-2,4H3,(H,24,31)(H,25,30)(H,26,29)(H,27,32)/t18-,19-/m0/s1. The molecule has 0 aliphatic carbocycles. The molecule has 0 saturated heterocycles. The van der Waals surface area contributed by atoms with Gasteiger partial charge >= 0.3 is 0 Å². The van der Waals surface area contributed by atoms with Gasteiger partial charge in [0.1, 0.15) is 18.4 Å². The van der Waals surface area contributed by atoms with Gasteiger partial charge in [-0.15, -0.1) is 0 Å². The fraction of sp³-hybridized carbons (Fsp3) is 0.435. The Balaban J connectivity index is 2.94. The summed E-state index contributed by atoms with van der Waals surface area (Å²) in [4.78, 5) is 60.0. The number of hydrogen-bond donors (Lipinski definition) is 4. The van der Waals surface area contributed by atoms with Crippen LogP contribution in [0.15, 0.2) is 42.5 Å². The van der Waals surface area contributed by atoms with Gasteiger partial charge in [0.15, 0.2) is 0 Å². The SMILES string of the molecule is C=C(C)C(=O)NCC(=O)N[C@@H](Cc1ccccc1)C(=O)N[C@@H](CC(C)C)C(=O)NCC=O. The topological polar surface area (TPSA) is 133 Å². The third-order valence-electron chi connectivity index (χ3n) is 4.43. The fourth-order valence-electron chi connectivity index (χ4n) is 2.86. The molecule has 0 heterocycles. The third kappa shape index (κ3) is 10.0. The summed E-state index contributed by atoms with van der Waals surface area (Å²) in [6, 6.07) is 7.26. The summed E-state index contributed by atoms with van der Waals surface area (Å²) in [5.74, 6) is -1.94. The highest BCUT2D eigenvalue weighted by Gasteiger charge is 2.27. The molecule has 0 bridgehead atoms. The fourth-order valence-corrected chi connectivity index (χ4v) is 2.86. The molecule has 1 aromatic rings. The van der Waals surface area contributed by atoms with E-state index in [2.05, 4.69) is 27.8 Å². The predicted octanol–water partition coefficient (Wildman–Crippen LogP) is 0.252. The molecule has 0 aromatic heterocycles. The van der Waals surface area contributed by atoms with Gasteiger partial charge in [0.05, 0.1) is 13.1 Å². The Morgan fingerprint density at radius 1 is 0.969 bits per heavy atom. The highest BCUT2D eigenvalue weighted by molar-refractivity contribution is 5.96. The Bertz CT molecular complexity index is 823. The molecule has 2 atom stereocenters. The van der Waals surface area contributed by atoms with Gasteiger partial charge in [-0.05, 0) is 24.8 Å². The lowest BCUT2D eigenvalue weighted by molar-refractivity contribution is -0.132. The Hall–Kier alpha value is -3.49. The molecule has 0 fully saturated rings. The zero-order chi connectivity index (χ0) is 24.1. The van der Waals surface area contributed by atoms with Crippen LogP contribution in [0.5, 0.6) is 0 Å². The smallest absolute Gasteiger partial charge is 0.246 e. The number of amides is 4. The first-order valence-corrected chi connectivity index (χ1v) is 10.4. The lowest BCUT2D eigenvalue weighted by atomic mass is 10.0. The van der Waals surface area contributed by atoms with E-state index in [0.717, 1.165) is 5.56 Å². The Morgan fingerprint density at radius 3 is 2.19 bits per heavy atom. The molecule has 0 saturated carbocycles. The maximum absolute atomic E-state index is 13.0. The van der Waals surface area contributed by atoms with Gasteiger partial charge in [-0.2, -0.15) is 0 Å². The lowest BCUT2D eigenvalue weighted by Crippen LogP contribution is -2.55. The number of hydrogen-bond acceptors (Lipinski definition) is 5. The van der Waals surface area contributed by atoms with Crippen molar-refractivity contribution in [3.63, 3.8) is 0 Å². The molecule has 0 aliphatic heterocycles. The summed E-state index contributed by atoms with van der Waals surface area (Å²) in [7, 11) is 0. The summed E-state index contributed by atoms with van der Waals surface area (Å²) < 4.78 is 0. The molecule has 0 radical (unpaired) electrons. The zero-order valence-corrected chi connectivity index (χ0v) is 18.8. The van der Waals surface area contributed by atoms with Crippen molar-refractivity contribution in [3.8, 4) is 0 Å². The van der Waals surface area contributed by atoms with E-state index >= 15 is 0 Å². The van der Waals surface area contributed by atoms with E-state index in [1.165, 1.54) is 6.92 Å². The van der Waals surface area contributed by atoms with E-state index in [1.807, 2.05) is 44.2 Å². The van der Waals surface area contributed by atoms with E-state index < -0.39 is 35.7 Å². The van der Waals surface area contributed by atoms with Crippen molar-refractivity contribution in [1.82, 2.24) is 21.3 Å². The van der Waals surface area contributed by atoms with Gasteiger partial charge < -0.3 is 26.1 Å². The molecule has 9 nitrogen and oxygen atoms in total. The molecule has 4 amide bonds. The average Bonchev–Trinajstić information content (AvgIpc) is 2.75.